The zero-order valence-electron chi connectivity index (χ0n) is 40.8. The van der Waals surface area contributed by atoms with Crippen LogP contribution < -0.4 is 9.47 Å². The van der Waals surface area contributed by atoms with Gasteiger partial charge in [-0.05, 0) is 161 Å². The molecule has 12 aromatic carbocycles. The number of fused-ring (bicyclic) bond motifs is 8. The highest BCUT2D eigenvalue weighted by molar-refractivity contribution is 9.11. The van der Waals surface area contributed by atoms with E-state index in [1.54, 1.807) is 12.1 Å². The molecule has 0 aliphatic rings. The molecular formula is C68H38Br2Cl4O4. The van der Waals surface area contributed by atoms with E-state index in [-0.39, 0.29) is 0 Å². The Kier molecular flexibility index (Phi) is 13.5. The molecule has 0 saturated carbocycles. The molecule has 2 aromatic heterocycles. The Morgan fingerprint density at radius 2 is 0.590 bits per heavy atom. The first kappa shape index (κ1) is 50.0. The van der Waals surface area contributed by atoms with Gasteiger partial charge in [-0.1, -0.05) is 168 Å². The zero-order valence-corrected chi connectivity index (χ0v) is 47.0. The van der Waals surface area contributed by atoms with Crippen LogP contribution in [-0.4, -0.2) is 0 Å². The van der Waals surface area contributed by atoms with E-state index < -0.39 is 0 Å². The molecule has 4 nitrogen and oxygen atoms in total. The van der Waals surface area contributed by atoms with Crippen molar-refractivity contribution in [3.8, 4) is 67.5 Å². The van der Waals surface area contributed by atoms with Gasteiger partial charge >= 0.3 is 0 Å². The summed E-state index contributed by atoms with van der Waals surface area (Å²) in [4.78, 5) is 0. The Balaban J connectivity index is 0.000000148. The Hall–Kier alpha value is -7.52. The van der Waals surface area contributed by atoms with Crippen molar-refractivity contribution >= 4 is 144 Å². The maximum absolute atomic E-state index is 6.54. The number of ether oxygens (including phenoxy) is 2. The van der Waals surface area contributed by atoms with Crippen molar-refractivity contribution < 1.29 is 18.3 Å². The molecule has 14 aromatic rings. The fourth-order valence-corrected chi connectivity index (χ4v) is 11.7. The van der Waals surface area contributed by atoms with E-state index in [0.29, 0.717) is 43.1 Å². The highest BCUT2D eigenvalue weighted by Crippen LogP contribution is 2.50. The summed E-state index contributed by atoms with van der Waals surface area (Å²) in [6.07, 6.45) is 0. The SMILES string of the molecule is Clc1ccc(Br)c(Oc2ccc3c(-c4ccccc4)c(Oc4cc(Cl)ccc4Br)ccc3c2-c2ccccc2)c1.Clc1ccc2c(c1)oc1c(-c3ccccc3)c3cc4c(oc5cc(Cl)ccc54)c(-c4ccccc4)c3cc12. The molecule has 78 heavy (non-hydrogen) atoms. The van der Waals surface area contributed by atoms with Crippen molar-refractivity contribution in [1.29, 1.82) is 0 Å². The van der Waals surface area contributed by atoms with Crippen LogP contribution in [0.4, 0.5) is 0 Å². The van der Waals surface area contributed by atoms with E-state index in [0.717, 1.165) is 119 Å². The Morgan fingerprint density at radius 3 is 0.962 bits per heavy atom. The first-order valence-corrected chi connectivity index (χ1v) is 27.9. The molecule has 0 spiro atoms. The van der Waals surface area contributed by atoms with Gasteiger partial charge in [-0.25, -0.2) is 0 Å². The molecule has 0 fully saturated rings. The lowest BCUT2D eigenvalue weighted by Gasteiger charge is -2.20. The van der Waals surface area contributed by atoms with Crippen molar-refractivity contribution in [1.82, 2.24) is 0 Å². The van der Waals surface area contributed by atoms with Crippen LogP contribution in [0.2, 0.25) is 20.1 Å². The number of rotatable bonds is 8. The van der Waals surface area contributed by atoms with Crippen molar-refractivity contribution in [2.45, 2.75) is 0 Å². The topological polar surface area (TPSA) is 44.7 Å². The second kappa shape index (κ2) is 21.0. The van der Waals surface area contributed by atoms with Crippen LogP contribution in [-0.2, 0) is 0 Å². The van der Waals surface area contributed by atoms with Crippen LogP contribution >= 0.6 is 78.3 Å². The van der Waals surface area contributed by atoms with Gasteiger partial charge in [-0.15, -0.1) is 0 Å². The number of halogens is 6. The van der Waals surface area contributed by atoms with Crippen LogP contribution in [0, 0.1) is 0 Å². The van der Waals surface area contributed by atoms with Crippen LogP contribution in [0.25, 0.3) is 110 Å². The van der Waals surface area contributed by atoms with Crippen LogP contribution in [0.1, 0.15) is 0 Å². The highest BCUT2D eigenvalue weighted by Gasteiger charge is 2.24. The van der Waals surface area contributed by atoms with Gasteiger partial charge in [-0.3, -0.25) is 0 Å². The first-order chi connectivity index (χ1) is 38.1. The van der Waals surface area contributed by atoms with E-state index in [1.807, 2.05) is 121 Å². The summed E-state index contributed by atoms with van der Waals surface area (Å²) in [5.41, 5.74) is 11.5. The minimum absolute atomic E-state index is 0.598. The normalized spacial score (nSPS) is 11.5. The second-order valence-corrected chi connectivity index (χ2v) is 22.1. The zero-order chi connectivity index (χ0) is 53.0. The van der Waals surface area contributed by atoms with Gasteiger partial charge in [0.05, 0.1) is 8.95 Å². The molecule has 0 atom stereocenters. The molecule has 0 N–H and O–H groups in total. The molecule has 0 bridgehead atoms. The number of hydrogen-bond acceptors (Lipinski definition) is 4. The predicted octanol–water partition coefficient (Wildman–Crippen LogP) is 23.9. The summed E-state index contributed by atoms with van der Waals surface area (Å²) in [6, 6.07) is 76.6. The summed E-state index contributed by atoms with van der Waals surface area (Å²) in [5, 5.41) is 10.9. The summed E-state index contributed by atoms with van der Waals surface area (Å²) in [5.74, 6) is 2.70. The largest absolute Gasteiger partial charge is 0.455 e. The van der Waals surface area contributed by atoms with Crippen LogP contribution in [0.5, 0.6) is 23.0 Å². The first-order valence-electron chi connectivity index (χ1n) is 24.8. The third kappa shape index (κ3) is 9.36. The summed E-state index contributed by atoms with van der Waals surface area (Å²) >= 11 is 32.5. The van der Waals surface area contributed by atoms with Gasteiger partial charge in [0.25, 0.3) is 0 Å². The van der Waals surface area contributed by atoms with Crippen molar-refractivity contribution in [2.75, 3.05) is 0 Å². The molecule has 10 heteroatoms. The average Bonchev–Trinajstić information content (AvgIpc) is 4.21. The molecule has 14 rings (SSSR count). The molecule has 0 amide bonds. The van der Waals surface area contributed by atoms with Gasteiger partial charge in [-0.2, -0.15) is 0 Å². The molecular weight excluding hydrogens is 1180 g/mol. The standard InChI is InChI=1S/C34H20Br2Cl2O2.C34H18Cl2O2/c35-27-15-11-23(37)19-31(27)39-29-17-14-26-25(33(29)21-7-3-1-4-8-21)13-18-30(34(26)22-9-5-2-6-10-22)40-32-20-24(38)12-16-28(32)36;35-21-11-13-23-27-18-26-25(31(19-7-3-1-4-8-19)33(27)37-29(23)15-21)17-28-24-14-12-22(36)16-30(24)38-34(28)32(26)20-9-5-2-6-10-20/h1-20H;1-18H. The van der Waals surface area contributed by atoms with Gasteiger partial charge in [0.2, 0.25) is 0 Å². The molecule has 0 aliphatic heterocycles. The van der Waals surface area contributed by atoms with E-state index in [1.165, 1.54) is 0 Å². The smallest absolute Gasteiger partial charge is 0.143 e. The highest BCUT2D eigenvalue weighted by atomic mass is 79.9. The fourth-order valence-electron chi connectivity index (χ4n) is 10.4. The summed E-state index contributed by atoms with van der Waals surface area (Å²) in [7, 11) is 0. The molecule has 0 unspecified atom stereocenters. The monoisotopic (exact) mass is 1220 g/mol. The molecule has 0 saturated heterocycles. The third-order valence-corrected chi connectivity index (χ3v) is 16.1. The fraction of sp³-hybridized carbons (Fsp3) is 0. The maximum atomic E-state index is 6.54. The average molecular weight is 1220 g/mol. The van der Waals surface area contributed by atoms with Gasteiger partial charge in [0.1, 0.15) is 45.3 Å². The minimum atomic E-state index is 0.598. The van der Waals surface area contributed by atoms with Crippen LogP contribution in [0.3, 0.4) is 0 Å². The lowest BCUT2D eigenvalue weighted by molar-refractivity contribution is 0.480. The quantitative estimate of drug-likeness (QED) is 0.152. The number of hydrogen-bond donors (Lipinski definition) is 0. The Morgan fingerprint density at radius 1 is 0.269 bits per heavy atom. The van der Waals surface area contributed by atoms with Gasteiger partial charge in [0.15, 0.2) is 0 Å². The van der Waals surface area contributed by atoms with E-state index >= 15 is 0 Å². The van der Waals surface area contributed by atoms with E-state index in [2.05, 4.69) is 129 Å². The molecule has 0 aliphatic carbocycles. The Labute approximate surface area is 485 Å². The number of benzene rings is 12. The summed E-state index contributed by atoms with van der Waals surface area (Å²) in [6.45, 7) is 0. The second-order valence-electron chi connectivity index (χ2n) is 18.6. The number of furan rings is 2. The molecule has 2 heterocycles. The van der Waals surface area contributed by atoms with Gasteiger partial charge in [0, 0.05) is 88.2 Å². The van der Waals surface area contributed by atoms with Crippen molar-refractivity contribution in [2.24, 2.45) is 0 Å². The van der Waals surface area contributed by atoms with Crippen molar-refractivity contribution in [3.63, 3.8) is 0 Å². The summed E-state index contributed by atoms with van der Waals surface area (Å²) < 4.78 is 27.7. The predicted molar refractivity (Wildman–Crippen MR) is 333 cm³/mol. The lowest BCUT2D eigenvalue weighted by atomic mass is 9.89. The van der Waals surface area contributed by atoms with E-state index in [9.17, 15) is 0 Å². The lowest BCUT2D eigenvalue weighted by Crippen LogP contribution is -1.95. The maximum Gasteiger partial charge on any atom is 0.143 e. The molecule has 376 valence electrons. The van der Waals surface area contributed by atoms with Gasteiger partial charge < -0.3 is 18.3 Å². The minimum Gasteiger partial charge on any atom is -0.455 e. The third-order valence-electron chi connectivity index (χ3n) is 13.8. The van der Waals surface area contributed by atoms with Crippen molar-refractivity contribution in [3.05, 3.63) is 260 Å². The molecule has 0 radical (unpaired) electrons. The van der Waals surface area contributed by atoms with E-state index in [4.69, 9.17) is 64.7 Å². The Bertz CT molecular complexity index is 4330. The van der Waals surface area contributed by atoms with Crippen LogP contribution in [0.15, 0.2) is 248 Å².